The van der Waals surface area contributed by atoms with Crippen LogP contribution in [0.5, 0.6) is 11.5 Å². The van der Waals surface area contributed by atoms with Gasteiger partial charge in [-0.3, -0.25) is 20.4 Å². The average molecular weight is 440 g/mol. The highest BCUT2D eigenvalue weighted by molar-refractivity contribution is 7.89. The summed E-state index contributed by atoms with van der Waals surface area (Å²) in [5.41, 5.74) is 5.43. The topological polar surface area (TPSA) is 114 Å². The van der Waals surface area contributed by atoms with Crippen LogP contribution >= 0.6 is 11.6 Å². The third-order valence-electron chi connectivity index (χ3n) is 4.10. The largest absolute Gasteiger partial charge is 0.454 e. The first kappa shape index (κ1) is 20.9. The molecule has 2 aromatic rings. The Hall–Kier alpha value is -2.82. The normalized spacial score (nSPS) is 12.7. The molecule has 0 spiro atoms. The Bertz CT molecular complexity index is 1060. The summed E-state index contributed by atoms with van der Waals surface area (Å²) in [6, 6.07) is 9.04. The van der Waals surface area contributed by atoms with E-state index in [2.05, 4.69) is 10.9 Å². The molecule has 2 aromatic carbocycles. The number of rotatable bonds is 5. The predicted octanol–water partition coefficient (Wildman–Crippen LogP) is 1.46. The summed E-state index contributed by atoms with van der Waals surface area (Å²) in [5, 5.41) is 0.195. The van der Waals surface area contributed by atoms with Crippen molar-refractivity contribution in [2.75, 3.05) is 20.4 Å². The Labute approximate surface area is 172 Å². The molecule has 0 aliphatic carbocycles. The Balaban J connectivity index is 1.59. The molecule has 1 aliphatic rings. The van der Waals surface area contributed by atoms with E-state index in [9.17, 15) is 18.0 Å². The van der Waals surface area contributed by atoms with Crippen molar-refractivity contribution in [3.05, 3.63) is 52.5 Å². The van der Waals surface area contributed by atoms with Gasteiger partial charge in [-0.05, 0) is 31.2 Å². The molecule has 1 aliphatic heterocycles. The molecule has 29 heavy (non-hydrogen) atoms. The number of aryl methyl sites for hydroxylation is 1. The van der Waals surface area contributed by atoms with Crippen molar-refractivity contribution in [1.82, 2.24) is 15.2 Å². The number of halogens is 1. The summed E-state index contributed by atoms with van der Waals surface area (Å²) < 4.78 is 36.2. The van der Waals surface area contributed by atoms with E-state index >= 15 is 0 Å². The second kappa shape index (κ2) is 8.27. The average Bonchev–Trinajstić information content (AvgIpc) is 3.15. The third-order valence-corrected chi connectivity index (χ3v) is 6.20. The minimum atomic E-state index is -3.84. The third kappa shape index (κ3) is 4.61. The fourth-order valence-electron chi connectivity index (χ4n) is 2.51. The van der Waals surface area contributed by atoms with Gasteiger partial charge in [0, 0.05) is 12.6 Å². The molecule has 0 saturated carbocycles. The highest BCUT2D eigenvalue weighted by Crippen LogP contribution is 2.39. The predicted molar refractivity (Wildman–Crippen MR) is 104 cm³/mol. The molecular formula is C18H18ClN3O6S. The number of carbonyl (C=O) groups is 2. The van der Waals surface area contributed by atoms with Crippen molar-refractivity contribution in [3.8, 4) is 11.5 Å². The summed E-state index contributed by atoms with van der Waals surface area (Å²) in [6.07, 6.45) is 0. The Morgan fingerprint density at radius 1 is 1.14 bits per heavy atom. The van der Waals surface area contributed by atoms with Gasteiger partial charge in [0.2, 0.25) is 16.8 Å². The number of benzene rings is 2. The van der Waals surface area contributed by atoms with Gasteiger partial charge >= 0.3 is 0 Å². The number of sulfonamides is 1. The number of hydrogen-bond donors (Lipinski definition) is 2. The molecule has 2 N–H and O–H groups in total. The smallest absolute Gasteiger partial charge is 0.269 e. The number of fused-ring (bicyclic) bond motifs is 1. The van der Waals surface area contributed by atoms with E-state index in [1.807, 2.05) is 6.92 Å². The van der Waals surface area contributed by atoms with Gasteiger partial charge in [-0.1, -0.05) is 29.3 Å². The number of hydrogen-bond acceptors (Lipinski definition) is 6. The van der Waals surface area contributed by atoms with E-state index in [0.717, 1.165) is 9.87 Å². The molecule has 3 rings (SSSR count). The van der Waals surface area contributed by atoms with Gasteiger partial charge in [0.25, 0.3) is 11.8 Å². The Morgan fingerprint density at radius 3 is 2.52 bits per heavy atom. The molecule has 2 amide bonds. The van der Waals surface area contributed by atoms with E-state index < -0.39 is 28.4 Å². The maximum absolute atomic E-state index is 12.5. The van der Waals surface area contributed by atoms with E-state index in [1.54, 1.807) is 12.1 Å². The summed E-state index contributed by atoms with van der Waals surface area (Å²) in [7, 11) is -2.57. The molecule has 0 atom stereocenters. The highest BCUT2D eigenvalue weighted by atomic mass is 35.5. The lowest BCUT2D eigenvalue weighted by atomic mass is 10.2. The molecule has 0 saturated heterocycles. The molecule has 0 bridgehead atoms. The van der Waals surface area contributed by atoms with Crippen molar-refractivity contribution in [1.29, 1.82) is 0 Å². The summed E-state index contributed by atoms with van der Waals surface area (Å²) >= 11 is 6.02. The SMILES string of the molecule is Cc1ccc(S(=O)(=O)N(C)CC(=O)NNC(=O)c2cc(Cl)c3c(c2)OCO3)cc1. The van der Waals surface area contributed by atoms with Gasteiger partial charge in [-0.25, -0.2) is 8.42 Å². The van der Waals surface area contributed by atoms with Crippen molar-refractivity contribution >= 4 is 33.4 Å². The maximum atomic E-state index is 12.5. The molecule has 1 heterocycles. The van der Waals surface area contributed by atoms with E-state index in [-0.39, 0.29) is 22.3 Å². The van der Waals surface area contributed by atoms with Crippen LogP contribution in [0.1, 0.15) is 15.9 Å². The Kier molecular flexibility index (Phi) is 5.96. The number of nitrogens with zero attached hydrogens (tertiary/aromatic N) is 1. The fourth-order valence-corrected chi connectivity index (χ4v) is 3.91. The molecule has 11 heteroatoms. The van der Waals surface area contributed by atoms with E-state index in [1.165, 1.54) is 31.3 Å². The van der Waals surface area contributed by atoms with Crippen molar-refractivity contribution in [2.24, 2.45) is 0 Å². The zero-order chi connectivity index (χ0) is 21.2. The zero-order valence-corrected chi connectivity index (χ0v) is 17.1. The summed E-state index contributed by atoms with van der Waals surface area (Å²) in [5.74, 6) is -0.709. The quantitative estimate of drug-likeness (QED) is 0.682. The van der Waals surface area contributed by atoms with Gasteiger partial charge in [0.15, 0.2) is 11.5 Å². The van der Waals surface area contributed by atoms with Gasteiger partial charge in [0.1, 0.15) is 0 Å². The first-order chi connectivity index (χ1) is 13.7. The van der Waals surface area contributed by atoms with Crippen molar-refractivity contribution in [3.63, 3.8) is 0 Å². The standard InChI is InChI=1S/C18H18ClN3O6S/c1-11-3-5-13(6-4-11)29(25,26)22(2)9-16(23)20-21-18(24)12-7-14(19)17-15(8-12)27-10-28-17/h3-8H,9-10H2,1-2H3,(H,20,23)(H,21,24). The second-order valence-electron chi connectivity index (χ2n) is 6.27. The lowest BCUT2D eigenvalue weighted by Crippen LogP contribution is -2.46. The minimum Gasteiger partial charge on any atom is -0.454 e. The summed E-state index contributed by atoms with van der Waals surface area (Å²) in [6.45, 7) is 1.35. The van der Waals surface area contributed by atoms with Crippen molar-refractivity contribution < 1.29 is 27.5 Å². The molecule has 154 valence electrons. The molecular weight excluding hydrogens is 422 g/mol. The van der Waals surface area contributed by atoms with Gasteiger partial charge in [-0.2, -0.15) is 4.31 Å². The van der Waals surface area contributed by atoms with Crippen LogP contribution in [0.4, 0.5) is 0 Å². The van der Waals surface area contributed by atoms with Crippen LogP contribution in [-0.2, 0) is 14.8 Å². The minimum absolute atomic E-state index is 0.00134. The van der Waals surface area contributed by atoms with E-state index in [0.29, 0.717) is 11.5 Å². The van der Waals surface area contributed by atoms with Crippen LogP contribution in [0.25, 0.3) is 0 Å². The molecule has 0 aromatic heterocycles. The number of ether oxygens (including phenoxy) is 2. The fraction of sp³-hybridized carbons (Fsp3) is 0.222. The van der Waals surface area contributed by atoms with E-state index in [4.69, 9.17) is 21.1 Å². The van der Waals surface area contributed by atoms with Crippen LogP contribution in [0, 0.1) is 6.92 Å². The molecule has 0 radical (unpaired) electrons. The lowest BCUT2D eigenvalue weighted by Gasteiger charge is -2.17. The first-order valence-corrected chi connectivity index (χ1v) is 10.2. The number of nitrogens with one attached hydrogen (secondary N) is 2. The number of carbonyl (C=O) groups excluding carboxylic acids is 2. The van der Waals surface area contributed by atoms with Crippen molar-refractivity contribution in [2.45, 2.75) is 11.8 Å². The number of amides is 2. The van der Waals surface area contributed by atoms with Gasteiger partial charge in [-0.15, -0.1) is 0 Å². The first-order valence-electron chi connectivity index (χ1n) is 8.40. The van der Waals surface area contributed by atoms with Crippen LogP contribution in [0.15, 0.2) is 41.3 Å². The number of hydrazine groups is 1. The van der Waals surface area contributed by atoms with Crippen LogP contribution in [0.2, 0.25) is 5.02 Å². The number of likely N-dealkylation sites (N-methyl/N-ethyl adjacent to an activating group) is 1. The monoisotopic (exact) mass is 439 g/mol. The molecule has 0 fully saturated rings. The van der Waals surface area contributed by atoms with Crippen LogP contribution in [0.3, 0.4) is 0 Å². The molecule has 0 unspecified atom stereocenters. The second-order valence-corrected chi connectivity index (χ2v) is 8.72. The van der Waals surface area contributed by atoms with Crippen LogP contribution < -0.4 is 20.3 Å². The maximum Gasteiger partial charge on any atom is 0.269 e. The highest BCUT2D eigenvalue weighted by Gasteiger charge is 2.24. The van der Waals surface area contributed by atoms with Crippen LogP contribution in [-0.4, -0.2) is 44.9 Å². The zero-order valence-electron chi connectivity index (χ0n) is 15.6. The van der Waals surface area contributed by atoms with Gasteiger partial charge in [0.05, 0.1) is 16.5 Å². The summed E-state index contributed by atoms with van der Waals surface area (Å²) in [4.78, 5) is 24.4. The lowest BCUT2D eigenvalue weighted by molar-refractivity contribution is -0.121. The Morgan fingerprint density at radius 2 is 1.83 bits per heavy atom. The van der Waals surface area contributed by atoms with Gasteiger partial charge < -0.3 is 9.47 Å². The molecule has 9 nitrogen and oxygen atoms in total.